The fraction of sp³-hybridized carbons (Fsp3) is 0.0476. The first-order chi connectivity index (χ1) is 14.5. The number of aromatic nitrogens is 1. The summed E-state index contributed by atoms with van der Waals surface area (Å²) in [6.07, 6.45) is 3.23. The monoisotopic (exact) mass is 402 g/mol. The Morgan fingerprint density at radius 2 is 1.77 bits per heavy atom. The minimum Gasteiger partial charge on any atom is -0.348 e. The van der Waals surface area contributed by atoms with Gasteiger partial charge in [0, 0.05) is 30.6 Å². The summed E-state index contributed by atoms with van der Waals surface area (Å²) >= 11 is 0. The van der Waals surface area contributed by atoms with Crippen LogP contribution in [0.4, 0.5) is 11.4 Å². The van der Waals surface area contributed by atoms with Crippen LogP contribution < -0.4 is 10.2 Å². The third-order valence-corrected chi connectivity index (χ3v) is 4.66. The second-order valence-electron chi connectivity index (χ2n) is 6.49. The number of rotatable bonds is 5. The summed E-state index contributed by atoms with van der Waals surface area (Å²) in [7, 11) is 0. The Bertz CT molecular complexity index is 1190. The Morgan fingerprint density at radius 3 is 2.50 bits per heavy atom. The highest BCUT2D eigenvalue weighted by atomic mass is 16.6. The van der Waals surface area contributed by atoms with Crippen LogP contribution in [0.3, 0.4) is 0 Å². The van der Waals surface area contributed by atoms with Crippen LogP contribution in [0, 0.1) is 10.1 Å². The Kier molecular flexibility index (Phi) is 4.77. The molecule has 1 aliphatic rings. The molecule has 1 N–H and O–H groups in total. The molecule has 9 nitrogen and oxygen atoms in total. The lowest BCUT2D eigenvalue weighted by Crippen LogP contribution is -2.30. The number of nitrogens with zero attached hydrogens (tertiary/aromatic N) is 3. The fourth-order valence-electron chi connectivity index (χ4n) is 3.23. The van der Waals surface area contributed by atoms with Gasteiger partial charge in [0.25, 0.3) is 23.4 Å². The van der Waals surface area contributed by atoms with Gasteiger partial charge in [-0.1, -0.05) is 12.1 Å². The van der Waals surface area contributed by atoms with Gasteiger partial charge in [0.05, 0.1) is 16.2 Å². The minimum atomic E-state index is -0.795. The number of hydrogen-bond acceptors (Lipinski definition) is 6. The zero-order valence-corrected chi connectivity index (χ0v) is 15.4. The summed E-state index contributed by atoms with van der Waals surface area (Å²) in [6.45, 7) is 0.283. The molecule has 0 radical (unpaired) electrons. The highest BCUT2D eigenvalue weighted by Gasteiger charge is 2.41. The van der Waals surface area contributed by atoms with Gasteiger partial charge in [-0.25, -0.2) is 4.90 Å². The average molecular weight is 402 g/mol. The molecule has 0 aliphatic carbocycles. The van der Waals surface area contributed by atoms with Crippen LogP contribution in [-0.2, 0) is 6.54 Å². The summed E-state index contributed by atoms with van der Waals surface area (Å²) in [5.74, 6) is -1.86. The Hall–Kier alpha value is -4.40. The van der Waals surface area contributed by atoms with E-state index in [0.717, 1.165) is 10.5 Å². The maximum Gasteiger partial charge on any atom is 0.283 e. The summed E-state index contributed by atoms with van der Waals surface area (Å²) in [5, 5.41) is 14.0. The van der Waals surface area contributed by atoms with Gasteiger partial charge in [0.2, 0.25) is 0 Å². The summed E-state index contributed by atoms with van der Waals surface area (Å²) in [5.41, 5.74) is 0.545. The Morgan fingerprint density at radius 1 is 1.03 bits per heavy atom. The van der Waals surface area contributed by atoms with E-state index >= 15 is 0 Å². The maximum absolute atomic E-state index is 12.8. The van der Waals surface area contributed by atoms with Gasteiger partial charge >= 0.3 is 0 Å². The van der Waals surface area contributed by atoms with Crippen molar-refractivity contribution in [1.29, 1.82) is 0 Å². The highest BCUT2D eigenvalue weighted by Crippen LogP contribution is 2.34. The topological polar surface area (TPSA) is 123 Å². The van der Waals surface area contributed by atoms with Crippen LogP contribution in [0.2, 0.25) is 0 Å². The molecular formula is C21H14N4O5. The SMILES string of the molecule is O=C(NCc1ccncc1)c1cccc(N2C(=O)c3cccc([N+](=O)[O-])c3C2=O)c1. The van der Waals surface area contributed by atoms with Crippen molar-refractivity contribution < 1.29 is 19.3 Å². The van der Waals surface area contributed by atoms with Crippen molar-refractivity contribution in [2.75, 3.05) is 4.90 Å². The van der Waals surface area contributed by atoms with Gasteiger partial charge in [-0.15, -0.1) is 0 Å². The molecule has 0 atom stereocenters. The molecule has 0 unspecified atom stereocenters. The molecule has 148 valence electrons. The third kappa shape index (κ3) is 3.28. The van der Waals surface area contributed by atoms with Crippen LogP contribution in [0.1, 0.15) is 36.6 Å². The normalized spacial score (nSPS) is 12.6. The summed E-state index contributed by atoms with van der Waals surface area (Å²) < 4.78 is 0. The molecule has 30 heavy (non-hydrogen) atoms. The lowest BCUT2D eigenvalue weighted by Gasteiger charge is -2.15. The molecule has 4 rings (SSSR count). The number of imide groups is 1. The number of fused-ring (bicyclic) bond motifs is 1. The first-order valence-corrected chi connectivity index (χ1v) is 8.90. The summed E-state index contributed by atoms with van der Waals surface area (Å²) in [6, 6.07) is 13.4. The second-order valence-corrected chi connectivity index (χ2v) is 6.49. The van der Waals surface area contributed by atoms with E-state index in [4.69, 9.17) is 0 Å². The van der Waals surface area contributed by atoms with Crippen molar-refractivity contribution in [2.45, 2.75) is 6.54 Å². The van der Waals surface area contributed by atoms with Gasteiger partial charge in [-0.05, 0) is 42.0 Å². The number of benzene rings is 2. The zero-order chi connectivity index (χ0) is 21.3. The number of carbonyl (C=O) groups is 3. The van der Waals surface area contributed by atoms with E-state index in [1.165, 1.54) is 36.4 Å². The summed E-state index contributed by atoms with van der Waals surface area (Å²) in [4.78, 5) is 53.4. The van der Waals surface area contributed by atoms with E-state index < -0.39 is 28.3 Å². The Labute approximate surface area is 170 Å². The van der Waals surface area contributed by atoms with Crippen LogP contribution >= 0.6 is 0 Å². The van der Waals surface area contributed by atoms with E-state index in [0.29, 0.717) is 0 Å². The first kappa shape index (κ1) is 18.9. The standard InChI is InChI=1S/C21H14N4O5/c26-19(23-12-13-7-9-22-10-8-13)14-3-1-4-15(11-14)24-20(27)16-5-2-6-17(25(29)30)18(16)21(24)28/h1-11H,12H2,(H,23,26). The molecule has 0 spiro atoms. The Balaban J connectivity index is 1.60. The predicted molar refractivity (Wildman–Crippen MR) is 106 cm³/mol. The fourth-order valence-corrected chi connectivity index (χ4v) is 3.23. The van der Waals surface area contributed by atoms with E-state index in [9.17, 15) is 24.5 Å². The van der Waals surface area contributed by atoms with Crippen LogP contribution in [0.25, 0.3) is 0 Å². The van der Waals surface area contributed by atoms with E-state index in [1.807, 2.05) is 0 Å². The van der Waals surface area contributed by atoms with Gasteiger partial charge in [-0.3, -0.25) is 29.5 Å². The number of amides is 3. The molecule has 1 aliphatic heterocycles. The van der Waals surface area contributed by atoms with E-state index in [-0.39, 0.29) is 28.9 Å². The third-order valence-electron chi connectivity index (χ3n) is 4.66. The largest absolute Gasteiger partial charge is 0.348 e. The number of carbonyl (C=O) groups excluding carboxylic acids is 3. The van der Waals surface area contributed by atoms with E-state index in [1.54, 1.807) is 30.6 Å². The molecule has 9 heteroatoms. The molecule has 2 aromatic carbocycles. The van der Waals surface area contributed by atoms with Crippen LogP contribution in [0.5, 0.6) is 0 Å². The van der Waals surface area contributed by atoms with Crippen LogP contribution in [-0.4, -0.2) is 27.6 Å². The number of nitrogens with one attached hydrogen (secondary N) is 1. The molecule has 0 bridgehead atoms. The van der Waals surface area contributed by atoms with Crippen molar-refractivity contribution in [3.8, 4) is 0 Å². The van der Waals surface area contributed by atoms with Crippen molar-refractivity contribution in [3.63, 3.8) is 0 Å². The van der Waals surface area contributed by atoms with Gasteiger partial charge in [0.1, 0.15) is 5.56 Å². The van der Waals surface area contributed by atoms with Crippen molar-refractivity contribution >= 4 is 29.1 Å². The lowest BCUT2D eigenvalue weighted by molar-refractivity contribution is -0.385. The van der Waals surface area contributed by atoms with Crippen molar-refractivity contribution in [2.24, 2.45) is 0 Å². The number of nitro groups is 1. The quantitative estimate of drug-likeness (QED) is 0.398. The predicted octanol–water partition coefficient (Wildman–Crippen LogP) is 2.72. The molecule has 0 saturated heterocycles. The molecule has 3 amide bonds. The van der Waals surface area contributed by atoms with Gasteiger partial charge in [-0.2, -0.15) is 0 Å². The van der Waals surface area contributed by atoms with Crippen molar-refractivity contribution in [3.05, 3.63) is 99.4 Å². The lowest BCUT2D eigenvalue weighted by atomic mass is 10.1. The molecule has 0 saturated carbocycles. The highest BCUT2D eigenvalue weighted by molar-refractivity contribution is 6.35. The minimum absolute atomic E-state index is 0.0401. The number of nitro benzene ring substituents is 1. The second kappa shape index (κ2) is 7.55. The molecule has 2 heterocycles. The molecule has 1 aromatic heterocycles. The van der Waals surface area contributed by atoms with Gasteiger partial charge in [0.15, 0.2) is 0 Å². The number of hydrogen-bond donors (Lipinski definition) is 1. The average Bonchev–Trinajstić information content (AvgIpc) is 3.03. The zero-order valence-electron chi connectivity index (χ0n) is 15.4. The molecule has 0 fully saturated rings. The van der Waals surface area contributed by atoms with Crippen molar-refractivity contribution in [1.82, 2.24) is 10.3 Å². The number of anilines is 1. The van der Waals surface area contributed by atoms with Gasteiger partial charge < -0.3 is 5.32 Å². The maximum atomic E-state index is 12.8. The number of pyridine rings is 1. The molecule has 3 aromatic rings. The smallest absolute Gasteiger partial charge is 0.283 e. The first-order valence-electron chi connectivity index (χ1n) is 8.90. The van der Waals surface area contributed by atoms with E-state index in [2.05, 4.69) is 10.3 Å². The molecular weight excluding hydrogens is 388 g/mol. The van der Waals surface area contributed by atoms with Crippen LogP contribution in [0.15, 0.2) is 67.0 Å².